The van der Waals surface area contributed by atoms with Crippen LogP contribution in [0.3, 0.4) is 0 Å². The lowest BCUT2D eigenvalue weighted by molar-refractivity contribution is -0.141. The van der Waals surface area contributed by atoms with Gasteiger partial charge in [-0.3, -0.25) is 4.79 Å². The van der Waals surface area contributed by atoms with E-state index in [2.05, 4.69) is 0 Å². The van der Waals surface area contributed by atoms with Gasteiger partial charge in [0.1, 0.15) is 6.04 Å². The summed E-state index contributed by atoms with van der Waals surface area (Å²) < 4.78 is 0. The predicted octanol–water partition coefficient (Wildman–Crippen LogP) is 2.24. The second-order valence-corrected chi connectivity index (χ2v) is 5.49. The lowest BCUT2D eigenvalue weighted by atomic mass is 10.1. The molecule has 0 spiro atoms. The van der Waals surface area contributed by atoms with Gasteiger partial charge in [0.15, 0.2) is 0 Å². The zero-order chi connectivity index (χ0) is 13.8. The molecule has 0 aromatic heterocycles. The highest BCUT2D eigenvalue weighted by molar-refractivity contribution is 7.97. The number of aliphatic carboxylic acids is 1. The maximum absolute atomic E-state index is 12.3. The average molecular weight is 279 g/mol. The minimum atomic E-state index is -0.912. The van der Waals surface area contributed by atoms with Gasteiger partial charge in [0, 0.05) is 17.9 Å². The molecule has 0 saturated carbocycles. The summed E-state index contributed by atoms with van der Waals surface area (Å²) >= 11 is 1.73. The van der Waals surface area contributed by atoms with E-state index in [0.717, 1.165) is 12.2 Å². The highest BCUT2D eigenvalue weighted by Gasteiger charge is 2.34. The zero-order valence-electron chi connectivity index (χ0n) is 10.8. The molecule has 1 saturated heterocycles. The topological polar surface area (TPSA) is 57.6 Å². The molecule has 1 aliphatic heterocycles. The van der Waals surface area contributed by atoms with Gasteiger partial charge in [-0.2, -0.15) is 11.8 Å². The van der Waals surface area contributed by atoms with Gasteiger partial charge in [0.25, 0.3) is 5.91 Å². The van der Waals surface area contributed by atoms with E-state index in [1.807, 2.05) is 18.4 Å². The molecule has 1 aliphatic rings. The maximum Gasteiger partial charge on any atom is 0.326 e. The smallest absolute Gasteiger partial charge is 0.326 e. The third kappa shape index (κ3) is 3.10. The van der Waals surface area contributed by atoms with E-state index >= 15 is 0 Å². The minimum absolute atomic E-state index is 0.180. The fraction of sp³-hybridized carbons (Fsp3) is 0.429. The molecule has 0 radical (unpaired) electrons. The Morgan fingerprint density at radius 1 is 1.37 bits per heavy atom. The van der Waals surface area contributed by atoms with Gasteiger partial charge < -0.3 is 10.0 Å². The Hall–Kier alpha value is -1.49. The van der Waals surface area contributed by atoms with Crippen molar-refractivity contribution in [2.75, 3.05) is 12.8 Å². The van der Waals surface area contributed by atoms with Gasteiger partial charge in [0.2, 0.25) is 0 Å². The second kappa shape index (κ2) is 6.10. The monoisotopic (exact) mass is 279 g/mol. The number of rotatable bonds is 4. The summed E-state index contributed by atoms with van der Waals surface area (Å²) in [5.41, 5.74) is 1.73. The van der Waals surface area contributed by atoms with Gasteiger partial charge in [-0.25, -0.2) is 4.79 Å². The van der Waals surface area contributed by atoms with Gasteiger partial charge in [-0.15, -0.1) is 0 Å². The van der Waals surface area contributed by atoms with E-state index in [4.69, 9.17) is 5.11 Å². The van der Waals surface area contributed by atoms with Crippen molar-refractivity contribution < 1.29 is 14.7 Å². The number of carbonyl (C=O) groups excluding carboxylic acids is 1. The van der Waals surface area contributed by atoms with Crippen LogP contribution in [0.4, 0.5) is 0 Å². The van der Waals surface area contributed by atoms with Gasteiger partial charge >= 0.3 is 5.97 Å². The first-order chi connectivity index (χ1) is 9.13. The summed E-state index contributed by atoms with van der Waals surface area (Å²) in [6.07, 6.45) is 3.33. The normalized spacial score (nSPS) is 18.6. The van der Waals surface area contributed by atoms with Crippen LogP contribution < -0.4 is 0 Å². The van der Waals surface area contributed by atoms with Crippen molar-refractivity contribution >= 4 is 23.6 Å². The second-order valence-electron chi connectivity index (χ2n) is 4.62. The first kappa shape index (κ1) is 13.9. The molecule has 0 unspecified atom stereocenters. The molecule has 1 N–H and O–H groups in total. The number of nitrogens with zero attached hydrogens (tertiary/aromatic N) is 1. The standard InChI is InChI=1S/C14H17NO3S/c1-19-9-10-4-6-11(7-5-10)13(16)15-8-2-3-12(15)14(17)18/h4-7,12H,2-3,8-9H2,1H3,(H,17,18)/t12-/m1/s1. The Morgan fingerprint density at radius 2 is 2.05 bits per heavy atom. The Bertz CT molecular complexity index is 472. The van der Waals surface area contributed by atoms with E-state index < -0.39 is 12.0 Å². The van der Waals surface area contributed by atoms with Crippen molar-refractivity contribution in [1.29, 1.82) is 0 Å². The van der Waals surface area contributed by atoms with Crippen molar-refractivity contribution in [2.24, 2.45) is 0 Å². The molecule has 1 fully saturated rings. The summed E-state index contributed by atoms with van der Waals surface area (Å²) in [5, 5.41) is 9.10. The maximum atomic E-state index is 12.3. The van der Waals surface area contributed by atoms with E-state index in [9.17, 15) is 9.59 Å². The SMILES string of the molecule is CSCc1ccc(C(=O)N2CCC[C@@H]2C(=O)O)cc1. The average Bonchev–Trinajstić information content (AvgIpc) is 2.88. The molecule has 1 heterocycles. The largest absolute Gasteiger partial charge is 0.480 e. The number of carboxylic acids is 1. The Balaban J connectivity index is 2.12. The van der Waals surface area contributed by atoms with E-state index in [1.165, 1.54) is 10.5 Å². The van der Waals surface area contributed by atoms with Crippen molar-refractivity contribution in [2.45, 2.75) is 24.6 Å². The molecule has 1 amide bonds. The van der Waals surface area contributed by atoms with Crippen LogP contribution in [0, 0.1) is 0 Å². The van der Waals surface area contributed by atoms with Crippen molar-refractivity contribution in [1.82, 2.24) is 4.90 Å². The number of amides is 1. The van der Waals surface area contributed by atoms with Crippen molar-refractivity contribution in [3.63, 3.8) is 0 Å². The molecule has 5 heteroatoms. The molecule has 1 atom stereocenters. The van der Waals surface area contributed by atoms with Crippen LogP contribution in [0.2, 0.25) is 0 Å². The molecule has 4 nitrogen and oxygen atoms in total. The summed E-state index contributed by atoms with van der Waals surface area (Å²) in [4.78, 5) is 24.8. The van der Waals surface area contributed by atoms with Crippen molar-refractivity contribution in [3.8, 4) is 0 Å². The quantitative estimate of drug-likeness (QED) is 0.918. The lowest BCUT2D eigenvalue weighted by Crippen LogP contribution is -2.40. The number of likely N-dealkylation sites (tertiary alicyclic amines) is 1. The molecule has 102 valence electrons. The van der Waals surface area contributed by atoms with Crippen LogP contribution in [0.5, 0.6) is 0 Å². The first-order valence-electron chi connectivity index (χ1n) is 6.25. The van der Waals surface area contributed by atoms with E-state index in [1.54, 1.807) is 23.9 Å². The van der Waals surface area contributed by atoms with Crippen LogP contribution in [0.15, 0.2) is 24.3 Å². The molecular weight excluding hydrogens is 262 g/mol. The van der Waals surface area contributed by atoms with Gasteiger partial charge in [-0.1, -0.05) is 12.1 Å². The molecular formula is C14H17NO3S. The molecule has 1 aromatic rings. The van der Waals surface area contributed by atoms with Gasteiger partial charge in [-0.05, 0) is 36.8 Å². The minimum Gasteiger partial charge on any atom is -0.480 e. The number of carbonyl (C=O) groups is 2. The Labute approximate surface area is 116 Å². The van der Waals surface area contributed by atoms with Crippen molar-refractivity contribution in [3.05, 3.63) is 35.4 Å². The van der Waals surface area contributed by atoms with E-state index in [0.29, 0.717) is 18.5 Å². The summed E-state index contributed by atoms with van der Waals surface area (Å²) in [7, 11) is 0. The highest BCUT2D eigenvalue weighted by Crippen LogP contribution is 2.21. The third-order valence-corrected chi connectivity index (χ3v) is 3.93. The first-order valence-corrected chi connectivity index (χ1v) is 7.64. The molecule has 1 aromatic carbocycles. The predicted molar refractivity (Wildman–Crippen MR) is 75.4 cm³/mol. The molecule has 0 aliphatic carbocycles. The van der Waals surface area contributed by atoms with Gasteiger partial charge in [0.05, 0.1) is 0 Å². The molecule has 2 rings (SSSR count). The molecule has 19 heavy (non-hydrogen) atoms. The zero-order valence-corrected chi connectivity index (χ0v) is 11.7. The van der Waals surface area contributed by atoms with Crippen LogP contribution in [0.1, 0.15) is 28.8 Å². The fourth-order valence-electron chi connectivity index (χ4n) is 2.34. The van der Waals surface area contributed by atoms with Crippen LogP contribution in [-0.4, -0.2) is 40.7 Å². The summed E-state index contributed by atoms with van der Waals surface area (Å²) in [6.45, 7) is 0.530. The van der Waals surface area contributed by atoms with Crippen LogP contribution in [0.25, 0.3) is 0 Å². The number of hydrogen-bond donors (Lipinski definition) is 1. The summed E-state index contributed by atoms with van der Waals surface area (Å²) in [5.74, 6) is -0.180. The number of hydrogen-bond acceptors (Lipinski definition) is 3. The summed E-state index contributed by atoms with van der Waals surface area (Å²) in [6, 6.07) is 6.75. The number of carboxylic acid groups (broad SMARTS) is 1. The number of benzene rings is 1. The Morgan fingerprint density at radius 3 is 2.63 bits per heavy atom. The number of thioether (sulfide) groups is 1. The highest BCUT2D eigenvalue weighted by atomic mass is 32.2. The van der Waals surface area contributed by atoms with E-state index in [-0.39, 0.29) is 5.91 Å². The lowest BCUT2D eigenvalue weighted by Gasteiger charge is -2.21. The molecule has 0 bridgehead atoms. The Kier molecular flexibility index (Phi) is 4.47. The van der Waals surface area contributed by atoms with Crippen LogP contribution in [-0.2, 0) is 10.5 Å². The third-order valence-electron chi connectivity index (χ3n) is 3.31. The fourth-order valence-corrected chi connectivity index (χ4v) is 2.87. The van der Waals surface area contributed by atoms with Crippen LogP contribution >= 0.6 is 11.8 Å².